The van der Waals surface area contributed by atoms with E-state index in [9.17, 15) is 0 Å². The topological polar surface area (TPSA) is 60.5 Å². The summed E-state index contributed by atoms with van der Waals surface area (Å²) in [5.74, 6) is 0. The number of benzene rings is 1. The number of pyridine rings is 1. The van der Waals surface area contributed by atoms with Gasteiger partial charge in [0.1, 0.15) is 12.1 Å². The van der Waals surface area contributed by atoms with E-state index in [1.54, 1.807) is 24.5 Å². The Morgan fingerprint density at radius 3 is 2.24 bits per heavy atom. The molecule has 0 N–H and O–H groups in total. The van der Waals surface area contributed by atoms with Gasteiger partial charge in [0.05, 0.1) is 11.1 Å². The summed E-state index contributed by atoms with van der Waals surface area (Å²) < 4.78 is 0. The van der Waals surface area contributed by atoms with Gasteiger partial charge in [-0.15, -0.1) is 0 Å². The molecule has 2 rings (SSSR count). The highest BCUT2D eigenvalue weighted by Crippen LogP contribution is 2.28. The van der Waals surface area contributed by atoms with Crippen LogP contribution in [0, 0.1) is 22.7 Å². The van der Waals surface area contributed by atoms with Crippen molar-refractivity contribution in [2.45, 2.75) is 9.79 Å². The Kier molecular flexibility index (Phi) is 3.40. The second kappa shape index (κ2) is 5.16. The van der Waals surface area contributed by atoms with Crippen LogP contribution in [0.15, 0.2) is 52.5 Å². The van der Waals surface area contributed by atoms with Gasteiger partial charge < -0.3 is 0 Å². The summed E-state index contributed by atoms with van der Waals surface area (Å²) in [6.07, 6.45) is 3.44. The van der Waals surface area contributed by atoms with Gasteiger partial charge in [-0.2, -0.15) is 10.5 Å². The van der Waals surface area contributed by atoms with E-state index < -0.39 is 0 Å². The highest BCUT2D eigenvalue weighted by molar-refractivity contribution is 7.99. The van der Waals surface area contributed by atoms with E-state index in [0.717, 1.165) is 9.79 Å². The lowest BCUT2D eigenvalue weighted by molar-refractivity contribution is 1.26. The van der Waals surface area contributed by atoms with Crippen LogP contribution in [0.3, 0.4) is 0 Å². The Bertz CT molecular complexity index is 609. The van der Waals surface area contributed by atoms with Gasteiger partial charge in [0, 0.05) is 22.2 Å². The first-order valence-electron chi connectivity index (χ1n) is 4.85. The molecule has 0 saturated heterocycles. The van der Waals surface area contributed by atoms with Gasteiger partial charge in [-0.25, -0.2) is 0 Å². The van der Waals surface area contributed by atoms with Gasteiger partial charge in [-0.1, -0.05) is 11.8 Å². The minimum absolute atomic E-state index is 0.409. The molecule has 1 aromatic carbocycles. The molecule has 0 aliphatic heterocycles. The molecule has 0 aliphatic rings. The molecule has 0 radical (unpaired) electrons. The molecule has 1 aromatic heterocycles. The maximum atomic E-state index is 8.92. The molecule has 0 atom stereocenters. The molecule has 80 valence electrons. The van der Waals surface area contributed by atoms with Crippen molar-refractivity contribution in [1.29, 1.82) is 10.5 Å². The SMILES string of the molecule is N#Cc1ccc(Sc2ccncc2)cc1C#N. The fourth-order valence-electron chi connectivity index (χ4n) is 1.32. The van der Waals surface area contributed by atoms with E-state index in [4.69, 9.17) is 10.5 Å². The number of hydrogen-bond acceptors (Lipinski definition) is 4. The third kappa shape index (κ3) is 2.63. The minimum Gasteiger partial charge on any atom is -0.265 e. The number of nitrogens with zero attached hydrogens (tertiary/aromatic N) is 3. The summed E-state index contributed by atoms with van der Waals surface area (Å²) in [6.45, 7) is 0. The highest BCUT2D eigenvalue weighted by atomic mass is 32.2. The quantitative estimate of drug-likeness (QED) is 0.805. The molecule has 0 unspecified atom stereocenters. The molecule has 0 aliphatic carbocycles. The van der Waals surface area contributed by atoms with E-state index in [1.165, 1.54) is 11.8 Å². The van der Waals surface area contributed by atoms with Crippen molar-refractivity contribution in [3.8, 4) is 12.1 Å². The largest absolute Gasteiger partial charge is 0.265 e. The van der Waals surface area contributed by atoms with Gasteiger partial charge in [-0.05, 0) is 30.3 Å². The van der Waals surface area contributed by atoms with Crippen LogP contribution >= 0.6 is 11.8 Å². The molecule has 1 heterocycles. The maximum absolute atomic E-state index is 8.92. The van der Waals surface area contributed by atoms with Crippen LogP contribution in [0.1, 0.15) is 11.1 Å². The molecule has 0 saturated carbocycles. The molecular weight excluding hydrogens is 230 g/mol. The van der Waals surface area contributed by atoms with Crippen molar-refractivity contribution in [3.05, 3.63) is 53.9 Å². The lowest BCUT2D eigenvalue weighted by Gasteiger charge is -2.02. The fourth-order valence-corrected chi connectivity index (χ4v) is 2.16. The van der Waals surface area contributed by atoms with Crippen LogP contribution in [-0.4, -0.2) is 4.98 Å². The zero-order valence-corrected chi connectivity index (χ0v) is 9.61. The zero-order chi connectivity index (χ0) is 12.1. The van der Waals surface area contributed by atoms with E-state index in [-0.39, 0.29) is 0 Å². The first-order valence-corrected chi connectivity index (χ1v) is 5.67. The Labute approximate surface area is 103 Å². The monoisotopic (exact) mass is 237 g/mol. The summed E-state index contributed by atoms with van der Waals surface area (Å²) >= 11 is 1.54. The van der Waals surface area contributed by atoms with Crippen LogP contribution in [0.2, 0.25) is 0 Å². The molecule has 0 fully saturated rings. The summed E-state index contributed by atoms with van der Waals surface area (Å²) in [5, 5.41) is 17.7. The van der Waals surface area contributed by atoms with Crippen molar-refractivity contribution in [2.75, 3.05) is 0 Å². The smallest absolute Gasteiger partial charge is 0.101 e. The summed E-state index contributed by atoms with van der Waals surface area (Å²) in [6, 6.07) is 13.0. The molecule has 0 amide bonds. The Morgan fingerprint density at radius 2 is 1.59 bits per heavy atom. The van der Waals surface area contributed by atoms with Crippen LogP contribution in [0.25, 0.3) is 0 Å². The number of hydrogen-bond donors (Lipinski definition) is 0. The average Bonchev–Trinajstić information content (AvgIpc) is 2.40. The van der Waals surface area contributed by atoms with Gasteiger partial charge in [0.25, 0.3) is 0 Å². The normalized spacial score (nSPS) is 9.29. The Morgan fingerprint density at radius 1 is 0.882 bits per heavy atom. The maximum Gasteiger partial charge on any atom is 0.101 e. The van der Waals surface area contributed by atoms with E-state index in [0.29, 0.717) is 11.1 Å². The second-order valence-electron chi connectivity index (χ2n) is 3.22. The molecule has 3 nitrogen and oxygen atoms in total. The first kappa shape index (κ1) is 11.2. The number of aromatic nitrogens is 1. The van der Waals surface area contributed by atoms with Gasteiger partial charge in [0.15, 0.2) is 0 Å². The van der Waals surface area contributed by atoms with Gasteiger partial charge in [-0.3, -0.25) is 4.98 Å². The zero-order valence-electron chi connectivity index (χ0n) is 8.79. The van der Waals surface area contributed by atoms with E-state index >= 15 is 0 Å². The number of rotatable bonds is 2. The summed E-state index contributed by atoms with van der Waals surface area (Å²) in [4.78, 5) is 5.93. The second-order valence-corrected chi connectivity index (χ2v) is 4.36. The molecular formula is C13H7N3S. The summed E-state index contributed by atoms with van der Waals surface area (Å²) in [5.41, 5.74) is 0.818. The highest BCUT2D eigenvalue weighted by Gasteiger charge is 2.03. The first-order chi connectivity index (χ1) is 8.33. The Balaban J connectivity index is 2.30. The van der Waals surface area contributed by atoms with Crippen LogP contribution in [0.5, 0.6) is 0 Å². The van der Waals surface area contributed by atoms with Crippen LogP contribution in [-0.2, 0) is 0 Å². The van der Waals surface area contributed by atoms with Crippen molar-refractivity contribution in [2.24, 2.45) is 0 Å². The van der Waals surface area contributed by atoms with Crippen molar-refractivity contribution >= 4 is 11.8 Å². The van der Waals surface area contributed by atoms with E-state index in [1.807, 2.05) is 30.3 Å². The lowest BCUT2D eigenvalue weighted by atomic mass is 10.1. The van der Waals surface area contributed by atoms with Crippen molar-refractivity contribution < 1.29 is 0 Å². The molecule has 4 heteroatoms. The molecule has 0 bridgehead atoms. The number of nitriles is 2. The van der Waals surface area contributed by atoms with Crippen LogP contribution < -0.4 is 0 Å². The van der Waals surface area contributed by atoms with E-state index in [2.05, 4.69) is 4.98 Å². The molecule has 2 aromatic rings. The summed E-state index contributed by atoms with van der Waals surface area (Å²) in [7, 11) is 0. The van der Waals surface area contributed by atoms with Crippen molar-refractivity contribution in [3.63, 3.8) is 0 Å². The molecule has 0 spiro atoms. The average molecular weight is 237 g/mol. The van der Waals surface area contributed by atoms with Gasteiger partial charge >= 0.3 is 0 Å². The van der Waals surface area contributed by atoms with Crippen molar-refractivity contribution in [1.82, 2.24) is 4.98 Å². The predicted octanol–water partition coefficient (Wildman–Crippen LogP) is 2.98. The Hall–Kier alpha value is -2.30. The third-order valence-electron chi connectivity index (χ3n) is 2.12. The third-order valence-corrected chi connectivity index (χ3v) is 3.11. The fraction of sp³-hybridized carbons (Fsp3) is 0. The van der Waals surface area contributed by atoms with Crippen LogP contribution in [0.4, 0.5) is 0 Å². The standard InChI is InChI=1S/C13H7N3S/c14-8-10-1-2-13(7-11(10)9-15)17-12-3-5-16-6-4-12/h1-7H. The van der Waals surface area contributed by atoms with Gasteiger partial charge in [0.2, 0.25) is 0 Å². The predicted molar refractivity (Wildman–Crippen MR) is 64.2 cm³/mol. The lowest BCUT2D eigenvalue weighted by Crippen LogP contribution is -1.84. The minimum atomic E-state index is 0.409. The molecule has 17 heavy (non-hydrogen) atoms.